The molecule has 2 atom stereocenters. The van der Waals surface area contributed by atoms with E-state index in [0.29, 0.717) is 4.31 Å². The number of carbonyl (C=O) groups is 1. The Morgan fingerprint density at radius 3 is 2.67 bits per heavy atom. The maximum Gasteiger partial charge on any atom is 0.270 e. The molecule has 206 valence electrons. The third-order valence-electron chi connectivity index (χ3n) is 6.34. The predicted octanol–water partition coefficient (Wildman–Crippen LogP) is 5.01. The van der Waals surface area contributed by atoms with E-state index in [0.717, 1.165) is 31.0 Å². The van der Waals surface area contributed by atoms with Gasteiger partial charge in [0.05, 0.1) is 29.5 Å². The number of aromatic nitrogens is 3. The Hall–Kier alpha value is -4.19. The SMILES string of the molecule is COc1ncc(Cl)cc1N(c1ccc(F)c(-c2ccc3c(C(=O)NC(C#N)C4CC4)[nH]nc3c2F)c1F)S(=O)O. The highest BCUT2D eigenvalue weighted by atomic mass is 35.5. The molecule has 0 spiro atoms. The Morgan fingerprint density at radius 2 is 2.02 bits per heavy atom. The van der Waals surface area contributed by atoms with E-state index in [2.05, 4.69) is 20.5 Å². The van der Waals surface area contributed by atoms with Gasteiger partial charge in [-0.25, -0.2) is 26.7 Å². The molecule has 15 heteroatoms. The predicted molar refractivity (Wildman–Crippen MR) is 140 cm³/mol. The number of benzene rings is 2. The summed E-state index contributed by atoms with van der Waals surface area (Å²) < 4.78 is 74.6. The normalized spacial score (nSPS) is 14.4. The highest BCUT2D eigenvalue weighted by molar-refractivity contribution is 7.81. The molecule has 0 saturated heterocycles. The minimum absolute atomic E-state index is 0.0241. The van der Waals surface area contributed by atoms with Crippen molar-refractivity contribution in [2.24, 2.45) is 5.92 Å². The average molecular weight is 591 g/mol. The Bertz CT molecular complexity index is 1730. The molecule has 4 aromatic rings. The number of carbonyl (C=O) groups excluding carboxylic acids is 1. The van der Waals surface area contributed by atoms with E-state index < -0.39 is 57.5 Å². The number of amides is 1. The second kappa shape index (κ2) is 10.8. The fourth-order valence-corrected chi connectivity index (χ4v) is 5.03. The van der Waals surface area contributed by atoms with Crippen molar-refractivity contribution >= 4 is 51.1 Å². The zero-order valence-corrected chi connectivity index (χ0v) is 22.0. The van der Waals surface area contributed by atoms with Gasteiger partial charge in [-0.1, -0.05) is 17.7 Å². The first-order valence-corrected chi connectivity index (χ1v) is 13.1. The number of nitrogens with one attached hydrogen (secondary N) is 2. The molecule has 1 fully saturated rings. The number of rotatable bonds is 8. The fraction of sp³-hybridized carbons (Fsp3) is 0.200. The molecule has 0 aliphatic heterocycles. The molecule has 1 saturated carbocycles. The summed E-state index contributed by atoms with van der Waals surface area (Å²) in [6, 6.07) is 6.49. The third kappa shape index (κ3) is 4.83. The van der Waals surface area contributed by atoms with E-state index in [1.165, 1.54) is 25.4 Å². The Kier molecular flexibility index (Phi) is 7.37. The van der Waals surface area contributed by atoms with E-state index in [9.17, 15) is 18.8 Å². The lowest BCUT2D eigenvalue weighted by Crippen LogP contribution is -2.35. The highest BCUT2D eigenvalue weighted by Crippen LogP contribution is 2.41. The van der Waals surface area contributed by atoms with E-state index in [4.69, 9.17) is 16.3 Å². The van der Waals surface area contributed by atoms with Gasteiger partial charge in [0.15, 0.2) is 11.6 Å². The second-order valence-corrected chi connectivity index (χ2v) is 10.1. The molecule has 0 bridgehead atoms. The van der Waals surface area contributed by atoms with Crippen molar-refractivity contribution in [1.82, 2.24) is 20.5 Å². The van der Waals surface area contributed by atoms with Gasteiger partial charge in [-0.15, -0.1) is 0 Å². The van der Waals surface area contributed by atoms with Gasteiger partial charge >= 0.3 is 0 Å². The number of hydrogen-bond donors (Lipinski definition) is 3. The number of methoxy groups -OCH3 is 1. The number of anilines is 2. The lowest BCUT2D eigenvalue weighted by atomic mass is 10.0. The van der Waals surface area contributed by atoms with Gasteiger partial charge in [-0.05, 0) is 43.0 Å². The smallest absolute Gasteiger partial charge is 0.270 e. The first-order chi connectivity index (χ1) is 19.2. The first kappa shape index (κ1) is 27.4. The molecule has 0 radical (unpaired) electrons. The maximum atomic E-state index is 15.9. The molecule has 1 aliphatic rings. The quantitative estimate of drug-likeness (QED) is 0.245. The number of H-pyrrole nitrogens is 1. The number of fused-ring (bicyclic) bond motifs is 1. The Labute approximate surface area is 232 Å². The highest BCUT2D eigenvalue weighted by Gasteiger charge is 2.34. The molecule has 10 nitrogen and oxygen atoms in total. The molecule has 5 rings (SSSR count). The fourth-order valence-electron chi connectivity index (χ4n) is 4.27. The number of hydrogen-bond acceptors (Lipinski definition) is 6. The van der Waals surface area contributed by atoms with Gasteiger partial charge in [0.1, 0.15) is 28.8 Å². The van der Waals surface area contributed by atoms with Gasteiger partial charge in [0, 0.05) is 17.1 Å². The van der Waals surface area contributed by atoms with E-state index in [1.807, 2.05) is 6.07 Å². The van der Waals surface area contributed by atoms with E-state index in [-0.39, 0.29) is 39.1 Å². The van der Waals surface area contributed by atoms with Crippen LogP contribution in [0, 0.1) is 34.7 Å². The van der Waals surface area contributed by atoms with Crippen LogP contribution in [-0.2, 0) is 11.3 Å². The Balaban J connectivity index is 1.60. The van der Waals surface area contributed by atoms with Crippen LogP contribution in [0.15, 0.2) is 36.5 Å². The van der Waals surface area contributed by atoms with Gasteiger partial charge in [-0.2, -0.15) is 10.4 Å². The summed E-state index contributed by atoms with van der Waals surface area (Å²) in [7, 11) is 1.22. The molecule has 2 aromatic carbocycles. The summed E-state index contributed by atoms with van der Waals surface area (Å²) >= 11 is 3.05. The molecule has 2 aromatic heterocycles. The second-order valence-electron chi connectivity index (χ2n) is 8.80. The van der Waals surface area contributed by atoms with Gasteiger partial charge in [0.25, 0.3) is 17.2 Å². The lowest BCUT2D eigenvalue weighted by Gasteiger charge is -2.23. The number of halogens is 4. The number of nitriles is 1. The van der Waals surface area contributed by atoms with Crippen LogP contribution in [0.3, 0.4) is 0 Å². The third-order valence-corrected chi connectivity index (χ3v) is 7.25. The van der Waals surface area contributed by atoms with Crippen molar-refractivity contribution in [3.8, 4) is 23.1 Å². The molecule has 2 heterocycles. The molecular formula is C25H18ClF3N6O4S. The van der Waals surface area contributed by atoms with Crippen LogP contribution >= 0.6 is 11.6 Å². The molecule has 2 unspecified atom stereocenters. The zero-order chi connectivity index (χ0) is 28.7. The van der Waals surface area contributed by atoms with Crippen LogP contribution < -0.4 is 14.4 Å². The summed E-state index contributed by atoms with van der Waals surface area (Å²) in [5, 5.41) is 18.2. The number of pyridine rings is 1. The molecule has 1 amide bonds. The first-order valence-electron chi connectivity index (χ1n) is 11.6. The maximum absolute atomic E-state index is 15.9. The van der Waals surface area contributed by atoms with Gasteiger partial charge in [0.2, 0.25) is 5.88 Å². The number of ether oxygens (including phenoxy) is 1. The molecule has 3 N–H and O–H groups in total. The van der Waals surface area contributed by atoms with Crippen molar-refractivity contribution in [2.45, 2.75) is 18.9 Å². The van der Waals surface area contributed by atoms with Crippen LogP contribution in [0.1, 0.15) is 23.3 Å². The molecule has 40 heavy (non-hydrogen) atoms. The van der Waals surface area contributed by atoms with Crippen molar-refractivity contribution in [1.29, 1.82) is 5.26 Å². The van der Waals surface area contributed by atoms with Crippen LogP contribution in [0.25, 0.3) is 22.0 Å². The van der Waals surface area contributed by atoms with Gasteiger partial charge in [-0.3, -0.25) is 14.4 Å². The molecule has 1 aliphatic carbocycles. The monoisotopic (exact) mass is 590 g/mol. The minimum Gasteiger partial charge on any atom is -0.479 e. The summed E-state index contributed by atoms with van der Waals surface area (Å²) in [4.78, 5) is 16.6. The summed E-state index contributed by atoms with van der Waals surface area (Å²) in [6.07, 6.45) is 2.81. The van der Waals surface area contributed by atoms with E-state index >= 15 is 13.2 Å². The zero-order valence-electron chi connectivity index (χ0n) is 20.4. The van der Waals surface area contributed by atoms with Crippen LogP contribution in [0.2, 0.25) is 5.02 Å². The lowest BCUT2D eigenvalue weighted by molar-refractivity contribution is 0.0938. The molecular weight excluding hydrogens is 573 g/mol. The van der Waals surface area contributed by atoms with Crippen LogP contribution in [-0.4, -0.2) is 43.0 Å². The van der Waals surface area contributed by atoms with E-state index in [1.54, 1.807) is 0 Å². The average Bonchev–Trinajstić information content (AvgIpc) is 3.67. The van der Waals surface area contributed by atoms with Crippen molar-refractivity contribution in [3.05, 3.63) is 64.7 Å². The van der Waals surface area contributed by atoms with Crippen LogP contribution in [0.5, 0.6) is 5.88 Å². The topological polar surface area (TPSA) is 144 Å². The largest absolute Gasteiger partial charge is 0.479 e. The standard InChI is InChI=1S/C25H18ClF3N6O4S/c1-39-25-18(8-12(26)10-31-25)35(40(37)38)17-7-6-15(27)19(21(17)29)13-4-5-14-22(20(13)28)33-34-23(14)24(36)32-16(9-30)11-2-3-11/h4-8,10-11,16H,2-3H2,1H3,(H,32,36)(H,33,34)(H,37,38). The number of nitrogens with zero attached hydrogens (tertiary/aromatic N) is 4. The van der Waals surface area contributed by atoms with Crippen molar-refractivity contribution < 1.29 is 31.5 Å². The van der Waals surface area contributed by atoms with Crippen molar-refractivity contribution in [3.63, 3.8) is 0 Å². The number of aromatic amines is 1. The minimum atomic E-state index is -2.93. The summed E-state index contributed by atoms with van der Waals surface area (Å²) in [5.41, 5.74) is -2.74. The Morgan fingerprint density at radius 1 is 1.27 bits per heavy atom. The van der Waals surface area contributed by atoms with Crippen molar-refractivity contribution in [2.75, 3.05) is 11.4 Å². The van der Waals surface area contributed by atoms with Crippen LogP contribution in [0.4, 0.5) is 24.5 Å². The van der Waals surface area contributed by atoms with Gasteiger partial charge < -0.3 is 10.1 Å². The summed E-state index contributed by atoms with van der Waals surface area (Å²) in [6.45, 7) is 0. The summed E-state index contributed by atoms with van der Waals surface area (Å²) in [5.74, 6) is -4.53.